The Hall–Kier alpha value is -0.850. The SMILES string of the molecule is CC(C)(C)C(COOC(N)=O)N1CCOCC1. The summed E-state index contributed by atoms with van der Waals surface area (Å²) in [4.78, 5) is 22.0. The van der Waals surface area contributed by atoms with Gasteiger partial charge in [0, 0.05) is 19.1 Å². The third-order valence-corrected chi connectivity index (χ3v) is 2.85. The summed E-state index contributed by atoms with van der Waals surface area (Å²) in [5.74, 6) is 0. The van der Waals surface area contributed by atoms with Crippen molar-refractivity contribution in [2.24, 2.45) is 11.1 Å². The van der Waals surface area contributed by atoms with Crippen LogP contribution in [0.15, 0.2) is 0 Å². The lowest BCUT2D eigenvalue weighted by Crippen LogP contribution is -2.51. The fraction of sp³-hybridized carbons (Fsp3) is 0.909. The van der Waals surface area contributed by atoms with E-state index in [0.717, 1.165) is 26.3 Å². The maximum atomic E-state index is 10.4. The fourth-order valence-electron chi connectivity index (χ4n) is 1.95. The van der Waals surface area contributed by atoms with Gasteiger partial charge in [0.25, 0.3) is 0 Å². The molecule has 0 spiro atoms. The molecule has 17 heavy (non-hydrogen) atoms. The first-order valence-electron chi connectivity index (χ1n) is 5.82. The molecule has 1 aliphatic rings. The van der Waals surface area contributed by atoms with Gasteiger partial charge in [-0.25, -0.2) is 4.79 Å². The number of nitrogens with zero attached hydrogens (tertiary/aromatic N) is 1. The van der Waals surface area contributed by atoms with Crippen LogP contribution in [0.5, 0.6) is 0 Å². The molecule has 6 nitrogen and oxygen atoms in total. The first-order chi connectivity index (χ1) is 7.91. The Balaban J connectivity index is 2.50. The smallest absolute Gasteiger partial charge is 0.379 e. The lowest BCUT2D eigenvalue weighted by molar-refractivity contribution is -0.252. The van der Waals surface area contributed by atoms with Gasteiger partial charge in [0.15, 0.2) is 0 Å². The second-order valence-corrected chi connectivity index (χ2v) is 5.22. The number of morpholine rings is 1. The summed E-state index contributed by atoms with van der Waals surface area (Å²) < 4.78 is 5.32. The van der Waals surface area contributed by atoms with E-state index in [-0.39, 0.29) is 11.5 Å². The predicted molar refractivity (Wildman–Crippen MR) is 62.3 cm³/mol. The number of hydrogen-bond donors (Lipinski definition) is 1. The summed E-state index contributed by atoms with van der Waals surface area (Å²) in [6, 6.07) is 0.158. The molecule has 0 bridgehead atoms. The zero-order valence-corrected chi connectivity index (χ0v) is 10.8. The number of amides is 1. The van der Waals surface area contributed by atoms with Gasteiger partial charge in [0.05, 0.1) is 13.2 Å². The van der Waals surface area contributed by atoms with Crippen molar-refractivity contribution in [3.63, 3.8) is 0 Å². The number of carbonyl (C=O) groups excluding carboxylic acids is 1. The van der Waals surface area contributed by atoms with Crippen LogP contribution in [0.25, 0.3) is 0 Å². The van der Waals surface area contributed by atoms with Gasteiger partial charge >= 0.3 is 6.09 Å². The summed E-state index contributed by atoms with van der Waals surface area (Å²) in [5, 5.41) is 0. The van der Waals surface area contributed by atoms with E-state index in [4.69, 9.17) is 15.4 Å². The first-order valence-corrected chi connectivity index (χ1v) is 5.82. The van der Waals surface area contributed by atoms with E-state index in [0.29, 0.717) is 6.61 Å². The molecule has 0 saturated carbocycles. The minimum Gasteiger partial charge on any atom is -0.379 e. The molecule has 0 aromatic heterocycles. The minimum atomic E-state index is -0.917. The summed E-state index contributed by atoms with van der Waals surface area (Å²) in [7, 11) is 0. The zero-order valence-electron chi connectivity index (χ0n) is 10.8. The number of nitrogens with two attached hydrogens (primary N) is 1. The molecule has 0 aromatic rings. The number of carbonyl (C=O) groups is 1. The number of hydrogen-bond acceptors (Lipinski definition) is 5. The highest BCUT2D eigenvalue weighted by Crippen LogP contribution is 2.25. The Morgan fingerprint density at radius 1 is 1.41 bits per heavy atom. The summed E-state index contributed by atoms with van der Waals surface area (Å²) >= 11 is 0. The standard InChI is InChI=1S/C11H22N2O4/c1-11(2,3)9(8-16-17-10(12)14)13-4-6-15-7-5-13/h9H,4-8H2,1-3H3,(H2,12,14). The second kappa shape index (κ2) is 6.18. The minimum absolute atomic E-state index is 0.0261. The van der Waals surface area contributed by atoms with Crippen LogP contribution in [0.2, 0.25) is 0 Å². The Bertz CT molecular complexity index is 246. The van der Waals surface area contributed by atoms with Gasteiger partial charge in [-0.2, -0.15) is 4.89 Å². The molecule has 0 aromatic carbocycles. The van der Waals surface area contributed by atoms with Crippen molar-refractivity contribution < 1.29 is 19.3 Å². The molecule has 1 amide bonds. The summed E-state index contributed by atoms with van der Waals surface area (Å²) in [6.45, 7) is 9.87. The Labute approximate surface area is 102 Å². The molecule has 1 rings (SSSR count). The van der Waals surface area contributed by atoms with Crippen LogP contribution in [0, 0.1) is 5.41 Å². The molecular weight excluding hydrogens is 224 g/mol. The summed E-state index contributed by atoms with van der Waals surface area (Å²) in [6.07, 6.45) is -0.917. The maximum absolute atomic E-state index is 10.4. The normalized spacial score (nSPS) is 19.9. The Morgan fingerprint density at radius 3 is 2.47 bits per heavy atom. The highest BCUT2D eigenvalue weighted by molar-refractivity contribution is 5.63. The lowest BCUT2D eigenvalue weighted by Gasteiger charge is -2.41. The Morgan fingerprint density at radius 2 is 2.00 bits per heavy atom. The van der Waals surface area contributed by atoms with Gasteiger partial charge in [-0.1, -0.05) is 20.8 Å². The van der Waals surface area contributed by atoms with Crippen LogP contribution in [-0.4, -0.2) is 49.9 Å². The molecule has 100 valence electrons. The van der Waals surface area contributed by atoms with E-state index in [2.05, 4.69) is 30.6 Å². The monoisotopic (exact) mass is 246 g/mol. The van der Waals surface area contributed by atoms with Crippen molar-refractivity contribution in [2.75, 3.05) is 32.9 Å². The van der Waals surface area contributed by atoms with E-state index >= 15 is 0 Å². The van der Waals surface area contributed by atoms with Crippen molar-refractivity contribution in [1.82, 2.24) is 4.90 Å². The molecular formula is C11H22N2O4. The highest BCUT2D eigenvalue weighted by atomic mass is 17.2. The van der Waals surface area contributed by atoms with Crippen molar-refractivity contribution >= 4 is 6.09 Å². The van der Waals surface area contributed by atoms with Crippen LogP contribution in [0.3, 0.4) is 0 Å². The molecule has 1 atom stereocenters. The van der Waals surface area contributed by atoms with Gasteiger partial charge in [0.1, 0.15) is 6.61 Å². The molecule has 1 heterocycles. The van der Waals surface area contributed by atoms with Crippen molar-refractivity contribution in [2.45, 2.75) is 26.8 Å². The van der Waals surface area contributed by atoms with E-state index in [1.165, 1.54) is 0 Å². The average Bonchev–Trinajstić information content (AvgIpc) is 2.23. The molecule has 6 heteroatoms. The molecule has 1 aliphatic heterocycles. The van der Waals surface area contributed by atoms with Crippen molar-refractivity contribution in [3.8, 4) is 0 Å². The van der Waals surface area contributed by atoms with Crippen LogP contribution in [0.4, 0.5) is 4.79 Å². The van der Waals surface area contributed by atoms with E-state index in [9.17, 15) is 4.79 Å². The van der Waals surface area contributed by atoms with Crippen LogP contribution in [-0.2, 0) is 14.5 Å². The first kappa shape index (κ1) is 14.2. The molecule has 1 fully saturated rings. The van der Waals surface area contributed by atoms with E-state index in [1.54, 1.807) is 0 Å². The average molecular weight is 246 g/mol. The van der Waals surface area contributed by atoms with Gasteiger partial charge in [-0.15, -0.1) is 0 Å². The van der Waals surface area contributed by atoms with Gasteiger partial charge < -0.3 is 10.5 Å². The van der Waals surface area contributed by atoms with Crippen LogP contribution < -0.4 is 5.73 Å². The van der Waals surface area contributed by atoms with Crippen LogP contribution in [0.1, 0.15) is 20.8 Å². The second-order valence-electron chi connectivity index (χ2n) is 5.22. The van der Waals surface area contributed by atoms with E-state index < -0.39 is 6.09 Å². The highest BCUT2D eigenvalue weighted by Gasteiger charge is 2.32. The van der Waals surface area contributed by atoms with Crippen LogP contribution >= 0.6 is 0 Å². The zero-order chi connectivity index (χ0) is 12.9. The predicted octanol–water partition coefficient (Wildman–Crippen LogP) is 0.760. The third-order valence-electron chi connectivity index (χ3n) is 2.85. The third kappa shape index (κ3) is 4.89. The maximum Gasteiger partial charge on any atom is 0.436 e. The van der Waals surface area contributed by atoms with Gasteiger partial charge in [-0.3, -0.25) is 9.79 Å². The topological polar surface area (TPSA) is 74.0 Å². The molecule has 0 aliphatic carbocycles. The molecule has 2 N–H and O–H groups in total. The van der Waals surface area contributed by atoms with Crippen molar-refractivity contribution in [3.05, 3.63) is 0 Å². The number of primary amides is 1. The van der Waals surface area contributed by atoms with Gasteiger partial charge in [0.2, 0.25) is 0 Å². The van der Waals surface area contributed by atoms with E-state index in [1.807, 2.05) is 0 Å². The summed E-state index contributed by atoms with van der Waals surface area (Å²) in [5.41, 5.74) is 4.87. The quantitative estimate of drug-likeness (QED) is 0.585. The molecule has 0 radical (unpaired) electrons. The Kier molecular flexibility index (Phi) is 5.17. The number of rotatable bonds is 4. The lowest BCUT2D eigenvalue weighted by atomic mass is 9.86. The van der Waals surface area contributed by atoms with Gasteiger partial charge in [-0.05, 0) is 5.41 Å². The largest absolute Gasteiger partial charge is 0.436 e. The molecule has 1 saturated heterocycles. The number of ether oxygens (including phenoxy) is 1. The fourth-order valence-corrected chi connectivity index (χ4v) is 1.95. The van der Waals surface area contributed by atoms with Crippen molar-refractivity contribution in [1.29, 1.82) is 0 Å². The molecule has 1 unspecified atom stereocenters.